The molecule has 0 aliphatic heterocycles. The van der Waals surface area contributed by atoms with Gasteiger partial charge in [0.1, 0.15) is 0 Å². The van der Waals surface area contributed by atoms with Crippen LogP contribution in [0.15, 0.2) is 23.7 Å². The number of rotatable bonds is 19. The summed E-state index contributed by atoms with van der Waals surface area (Å²) in [6.07, 6.45) is -19.1. The Bertz CT molecular complexity index is 1400. The molecule has 0 heterocycles. The van der Waals surface area contributed by atoms with Crippen molar-refractivity contribution in [3.8, 4) is 0 Å². The summed E-state index contributed by atoms with van der Waals surface area (Å²) in [7, 11) is 0. The molecule has 0 aliphatic rings. The van der Waals surface area contributed by atoms with Crippen LogP contribution in [-0.4, -0.2) is 96.6 Å². The van der Waals surface area contributed by atoms with Gasteiger partial charge in [0, 0.05) is 0 Å². The smallest absolute Gasteiger partial charge is 0.460 e. The summed E-state index contributed by atoms with van der Waals surface area (Å²) in [6.45, 7) is -4.10. The van der Waals surface area contributed by atoms with Crippen LogP contribution in [-0.2, 0) is 9.47 Å². The average Bonchev–Trinajstić information content (AvgIpc) is 3.03. The van der Waals surface area contributed by atoms with E-state index >= 15 is 0 Å². The Balaban J connectivity index is 6.12. The second-order valence-electron chi connectivity index (χ2n) is 10.5. The molecule has 0 fully saturated rings. The van der Waals surface area contributed by atoms with Crippen LogP contribution in [0.4, 0.5) is 149 Å². The quantitative estimate of drug-likeness (QED) is 0.0730. The third-order valence-electron chi connectivity index (χ3n) is 6.55. The lowest BCUT2D eigenvalue weighted by Crippen LogP contribution is -2.72. The first-order valence-electron chi connectivity index (χ1n) is 12.9. The SMILES string of the molecule is FC(OCCCCOC(F)=C(F)C(F)(F)C(F)(F)C(F)(F)C(F)(F)C(F)(F)C(F)(F)C(F)(F)F)=C(F)C(F)(F)C(F)(F)C(F)(F)C(F)(F)C(F)(F)C(F)(F)C(F)(F)F. The summed E-state index contributed by atoms with van der Waals surface area (Å²) in [6, 6.07) is -8.07. The molecule has 2 nitrogen and oxygen atoms in total. The highest BCUT2D eigenvalue weighted by atomic mass is 19.4. The highest BCUT2D eigenvalue weighted by Crippen LogP contribution is 2.65. The minimum atomic E-state index is -8.94. The van der Waals surface area contributed by atoms with Crippen LogP contribution in [0.2, 0.25) is 0 Å². The summed E-state index contributed by atoms with van der Waals surface area (Å²) in [5.41, 5.74) is 0. The Kier molecular flexibility index (Phi) is 14.4. The molecule has 36 heteroatoms. The van der Waals surface area contributed by atoms with Gasteiger partial charge in [0.05, 0.1) is 13.2 Å². The van der Waals surface area contributed by atoms with Crippen molar-refractivity contribution in [2.75, 3.05) is 13.2 Å². The maximum atomic E-state index is 13.7. The predicted molar refractivity (Wildman–Crippen MR) is 111 cm³/mol. The molecule has 0 N–H and O–H groups in total. The molecule has 0 radical (unpaired) electrons. The largest absolute Gasteiger partial charge is 0.469 e. The molecule has 0 saturated carbocycles. The van der Waals surface area contributed by atoms with Gasteiger partial charge < -0.3 is 9.47 Å². The van der Waals surface area contributed by atoms with Crippen LogP contribution in [0.1, 0.15) is 12.8 Å². The fourth-order valence-electron chi connectivity index (χ4n) is 3.11. The molecule has 0 rings (SSSR count). The molecule has 346 valence electrons. The van der Waals surface area contributed by atoms with Gasteiger partial charge in [-0.2, -0.15) is 149 Å². The van der Waals surface area contributed by atoms with E-state index in [-0.39, 0.29) is 0 Å². The maximum absolute atomic E-state index is 13.7. The standard InChI is InChI=1S/C22H8F34O2/c23-5(9(27,28)11(31,32)13(35,36)15(39,40)17(43,44)19(47,48)21(51,52)53)7(25)57-3-1-2-4-58-8(26)6(24)10(29,30)12(33,34)14(37,38)16(41,42)18(45,46)20(49,50)22(54,55)56/h1-4H2. The number of ether oxygens (including phenoxy) is 2. The summed E-state index contributed by atoms with van der Waals surface area (Å²) >= 11 is 0. The minimum Gasteiger partial charge on any atom is -0.469 e. The maximum Gasteiger partial charge on any atom is 0.460 e. The summed E-state index contributed by atoms with van der Waals surface area (Å²) in [4.78, 5) is 0. The van der Waals surface area contributed by atoms with Crippen LogP contribution in [0.3, 0.4) is 0 Å². The van der Waals surface area contributed by atoms with Gasteiger partial charge >= 0.3 is 95.4 Å². The zero-order chi connectivity index (χ0) is 47.6. The Morgan fingerprint density at radius 2 is 0.431 bits per heavy atom. The van der Waals surface area contributed by atoms with Gasteiger partial charge in [0.2, 0.25) is 11.7 Å². The average molecular weight is 950 g/mol. The molecule has 0 atom stereocenters. The molecule has 0 bridgehead atoms. The molecule has 0 aromatic rings. The number of alkyl halides is 30. The Morgan fingerprint density at radius 1 is 0.259 bits per heavy atom. The van der Waals surface area contributed by atoms with Crippen LogP contribution < -0.4 is 0 Å². The van der Waals surface area contributed by atoms with Gasteiger partial charge in [0.15, 0.2) is 0 Å². The van der Waals surface area contributed by atoms with Crippen molar-refractivity contribution in [1.82, 2.24) is 0 Å². The topological polar surface area (TPSA) is 18.5 Å². The second-order valence-corrected chi connectivity index (χ2v) is 10.5. The van der Waals surface area contributed by atoms with Crippen LogP contribution in [0.25, 0.3) is 0 Å². The van der Waals surface area contributed by atoms with Gasteiger partial charge in [-0.25, -0.2) is 0 Å². The van der Waals surface area contributed by atoms with Crippen molar-refractivity contribution in [3.63, 3.8) is 0 Å². The van der Waals surface area contributed by atoms with E-state index in [1.165, 1.54) is 0 Å². The molecule has 0 spiro atoms. The van der Waals surface area contributed by atoms with E-state index < -0.39 is 133 Å². The summed E-state index contributed by atoms with van der Waals surface area (Å²) in [5, 5.41) is 0. The van der Waals surface area contributed by atoms with E-state index in [9.17, 15) is 149 Å². The van der Waals surface area contributed by atoms with Crippen LogP contribution in [0.5, 0.6) is 0 Å². The first-order chi connectivity index (χ1) is 24.9. The minimum absolute atomic E-state index is 1.52. The zero-order valence-electron chi connectivity index (χ0n) is 25.5. The molecule has 58 heavy (non-hydrogen) atoms. The first-order valence-corrected chi connectivity index (χ1v) is 12.9. The lowest BCUT2D eigenvalue weighted by molar-refractivity contribution is -0.451. The van der Waals surface area contributed by atoms with E-state index in [2.05, 4.69) is 9.47 Å². The third kappa shape index (κ3) is 7.88. The van der Waals surface area contributed by atoms with Crippen LogP contribution >= 0.6 is 0 Å². The number of hydrogen-bond acceptors (Lipinski definition) is 2. The van der Waals surface area contributed by atoms with Gasteiger partial charge in [-0.05, 0) is 12.8 Å². The van der Waals surface area contributed by atoms with Gasteiger partial charge in [-0.1, -0.05) is 0 Å². The molecule has 0 saturated heterocycles. The lowest BCUT2D eigenvalue weighted by atomic mass is 9.91. The molecule has 0 aromatic heterocycles. The normalized spacial score (nSPS) is 16.9. The number of unbranched alkanes of at least 4 members (excludes halogenated alkanes) is 1. The second kappa shape index (κ2) is 15.3. The first kappa shape index (κ1) is 54.7. The molecule has 0 amide bonds. The molecule has 0 aliphatic carbocycles. The molecule has 0 aromatic carbocycles. The predicted octanol–water partition coefficient (Wildman–Crippen LogP) is 12.8. The van der Waals surface area contributed by atoms with Gasteiger partial charge in [-0.3, -0.25) is 0 Å². The van der Waals surface area contributed by atoms with Gasteiger partial charge in [0.25, 0.3) is 0 Å². The lowest BCUT2D eigenvalue weighted by Gasteiger charge is -2.41. The molecule has 0 unspecified atom stereocenters. The monoisotopic (exact) mass is 950 g/mol. The van der Waals surface area contributed by atoms with Crippen molar-refractivity contribution >= 4 is 0 Å². The summed E-state index contributed by atoms with van der Waals surface area (Å²) < 4.78 is 454. The van der Waals surface area contributed by atoms with Crippen molar-refractivity contribution in [1.29, 1.82) is 0 Å². The van der Waals surface area contributed by atoms with E-state index in [4.69, 9.17) is 0 Å². The van der Waals surface area contributed by atoms with E-state index in [1.807, 2.05) is 0 Å². The fraction of sp³-hybridized carbons (Fsp3) is 0.818. The van der Waals surface area contributed by atoms with Crippen molar-refractivity contribution in [2.45, 2.75) is 96.3 Å². The number of halogens is 34. The Hall–Kier alpha value is -3.30. The highest BCUT2D eigenvalue weighted by molar-refractivity contribution is 5.21. The van der Waals surface area contributed by atoms with E-state index in [0.29, 0.717) is 0 Å². The van der Waals surface area contributed by atoms with Crippen LogP contribution in [0, 0.1) is 0 Å². The van der Waals surface area contributed by atoms with Gasteiger partial charge in [-0.15, -0.1) is 0 Å². The number of hydrogen-bond donors (Lipinski definition) is 0. The Morgan fingerprint density at radius 3 is 0.621 bits per heavy atom. The molecular formula is C22H8F34O2. The molecular weight excluding hydrogens is 942 g/mol. The van der Waals surface area contributed by atoms with Crippen molar-refractivity contribution in [3.05, 3.63) is 23.7 Å². The highest BCUT2D eigenvalue weighted by Gasteiger charge is 2.95. The third-order valence-corrected chi connectivity index (χ3v) is 6.55. The van der Waals surface area contributed by atoms with Crippen molar-refractivity contribution in [2.24, 2.45) is 0 Å². The van der Waals surface area contributed by atoms with Crippen molar-refractivity contribution < 1.29 is 159 Å². The van der Waals surface area contributed by atoms with E-state index in [1.54, 1.807) is 0 Å². The number of allylic oxidation sites excluding steroid dienone is 2. The summed E-state index contributed by atoms with van der Waals surface area (Å²) in [5.74, 6) is -113. The van der Waals surface area contributed by atoms with E-state index in [0.717, 1.165) is 0 Å². The Labute approximate surface area is 293 Å². The zero-order valence-corrected chi connectivity index (χ0v) is 25.5. The fourth-order valence-corrected chi connectivity index (χ4v) is 3.11.